The van der Waals surface area contributed by atoms with Crippen molar-refractivity contribution in [2.24, 2.45) is 0 Å². The first kappa shape index (κ1) is 15.6. The number of thioether (sulfide) groups is 1. The molecule has 0 aromatic heterocycles. The Bertz CT molecular complexity index is 518. The number of nitrogens with zero attached hydrogens (tertiary/aromatic N) is 2. The summed E-state index contributed by atoms with van der Waals surface area (Å²) in [5, 5.41) is 0.0502. The first-order chi connectivity index (χ1) is 10.2. The smallest absolute Gasteiger partial charge is 0.290 e. The van der Waals surface area contributed by atoms with Crippen LogP contribution in [0.15, 0.2) is 60.7 Å². The highest BCUT2D eigenvalue weighted by Crippen LogP contribution is 2.28. The summed E-state index contributed by atoms with van der Waals surface area (Å²) in [5.74, 6) is 0.780. The van der Waals surface area contributed by atoms with Crippen LogP contribution in [0.3, 0.4) is 0 Å². The van der Waals surface area contributed by atoms with Crippen molar-refractivity contribution < 1.29 is 4.79 Å². The molecule has 2 aromatic rings. The van der Waals surface area contributed by atoms with Crippen LogP contribution in [0, 0.1) is 0 Å². The predicted molar refractivity (Wildman–Crippen MR) is 91.4 cm³/mol. The summed E-state index contributed by atoms with van der Waals surface area (Å²) in [4.78, 5) is 16.4. The van der Waals surface area contributed by atoms with Crippen molar-refractivity contribution >= 4 is 28.4 Å². The second kappa shape index (κ2) is 7.86. The van der Waals surface area contributed by atoms with Gasteiger partial charge in [0.25, 0.3) is 5.24 Å². The van der Waals surface area contributed by atoms with Crippen LogP contribution in [0.5, 0.6) is 0 Å². The Morgan fingerprint density at radius 1 is 0.905 bits per heavy atom. The zero-order chi connectivity index (χ0) is 15.1. The van der Waals surface area contributed by atoms with E-state index in [4.69, 9.17) is 0 Å². The third-order valence-corrected chi connectivity index (χ3v) is 3.79. The first-order valence-corrected chi connectivity index (χ1v) is 7.89. The summed E-state index contributed by atoms with van der Waals surface area (Å²) >= 11 is 1.35. The predicted octanol–water partition coefficient (Wildman–Crippen LogP) is 4.24. The first-order valence-electron chi connectivity index (χ1n) is 6.90. The highest BCUT2D eigenvalue weighted by molar-refractivity contribution is 8.13. The van der Waals surface area contributed by atoms with Crippen LogP contribution in [0.25, 0.3) is 0 Å². The van der Waals surface area contributed by atoms with Crippen LogP contribution < -0.4 is 4.90 Å². The number of amides is 1. The molecular formula is C17H20N2OS. The molecule has 3 nitrogen and oxygen atoms in total. The van der Waals surface area contributed by atoms with E-state index >= 15 is 0 Å². The maximum Gasteiger partial charge on any atom is 0.290 e. The summed E-state index contributed by atoms with van der Waals surface area (Å²) in [6, 6.07) is 19.5. The lowest BCUT2D eigenvalue weighted by molar-refractivity contribution is 0.267. The minimum atomic E-state index is 0.0502. The molecule has 0 bridgehead atoms. The van der Waals surface area contributed by atoms with Gasteiger partial charge in [-0.05, 0) is 38.4 Å². The van der Waals surface area contributed by atoms with Gasteiger partial charge in [-0.1, -0.05) is 48.2 Å². The fourth-order valence-electron chi connectivity index (χ4n) is 1.89. The van der Waals surface area contributed by atoms with Crippen molar-refractivity contribution in [1.29, 1.82) is 0 Å². The second-order valence-corrected chi connectivity index (χ2v) is 5.97. The van der Waals surface area contributed by atoms with E-state index < -0.39 is 0 Å². The van der Waals surface area contributed by atoms with E-state index in [0.29, 0.717) is 0 Å². The summed E-state index contributed by atoms with van der Waals surface area (Å²) < 4.78 is 0. The average Bonchev–Trinajstić information content (AvgIpc) is 2.49. The van der Waals surface area contributed by atoms with Gasteiger partial charge in [0, 0.05) is 23.7 Å². The van der Waals surface area contributed by atoms with Crippen LogP contribution in [0.1, 0.15) is 0 Å². The molecule has 0 heterocycles. The van der Waals surface area contributed by atoms with Crippen molar-refractivity contribution in [2.75, 3.05) is 31.3 Å². The van der Waals surface area contributed by atoms with Crippen LogP contribution in [0.2, 0.25) is 0 Å². The topological polar surface area (TPSA) is 23.6 Å². The molecule has 110 valence electrons. The van der Waals surface area contributed by atoms with Crippen LogP contribution >= 0.6 is 11.8 Å². The highest BCUT2D eigenvalue weighted by Gasteiger charge is 2.17. The maximum atomic E-state index is 12.6. The van der Waals surface area contributed by atoms with Crippen LogP contribution in [-0.2, 0) is 0 Å². The van der Waals surface area contributed by atoms with Gasteiger partial charge < -0.3 is 4.90 Å². The minimum absolute atomic E-state index is 0.0502. The standard InChI is InChI=1S/C17H20N2OS/c1-18(2)13-14-21-17(20)19(15-9-5-3-6-10-15)16-11-7-4-8-12-16/h3-12H,13-14H2,1-2H3. The lowest BCUT2D eigenvalue weighted by Crippen LogP contribution is -2.23. The third kappa shape index (κ3) is 4.62. The summed E-state index contributed by atoms with van der Waals surface area (Å²) in [5.41, 5.74) is 1.79. The molecule has 2 aromatic carbocycles. The Labute approximate surface area is 130 Å². The Kier molecular flexibility index (Phi) is 5.84. The normalized spacial score (nSPS) is 10.6. The molecule has 0 aliphatic rings. The largest absolute Gasteiger partial charge is 0.309 e. The number of para-hydroxylation sites is 2. The molecule has 0 atom stereocenters. The fraction of sp³-hybridized carbons (Fsp3) is 0.235. The number of hydrogen-bond acceptors (Lipinski definition) is 3. The summed E-state index contributed by atoms with van der Waals surface area (Å²) in [6.07, 6.45) is 0. The van der Waals surface area contributed by atoms with Crippen molar-refractivity contribution in [3.8, 4) is 0 Å². The molecule has 1 amide bonds. The number of carbonyl (C=O) groups excluding carboxylic acids is 1. The van der Waals surface area contributed by atoms with Crippen molar-refractivity contribution in [3.63, 3.8) is 0 Å². The van der Waals surface area contributed by atoms with Gasteiger partial charge in [0.1, 0.15) is 0 Å². The zero-order valence-electron chi connectivity index (χ0n) is 12.4. The fourth-order valence-corrected chi connectivity index (χ4v) is 2.87. The highest BCUT2D eigenvalue weighted by atomic mass is 32.2. The van der Waals surface area contributed by atoms with E-state index in [9.17, 15) is 4.79 Å². The molecule has 0 radical (unpaired) electrons. The SMILES string of the molecule is CN(C)CCSC(=O)N(c1ccccc1)c1ccccc1. The van der Waals surface area contributed by atoms with E-state index in [1.165, 1.54) is 11.8 Å². The van der Waals surface area contributed by atoms with Gasteiger partial charge in [-0.3, -0.25) is 9.69 Å². The summed E-state index contributed by atoms with van der Waals surface area (Å²) in [6.45, 7) is 0.883. The second-order valence-electron chi connectivity index (χ2n) is 4.92. The van der Waals surface area contributed by atoms with E-state index in [2.05, 4.69) is 4.90 Å². The molecule has 0 N–H and O–H groups in total. The van der Waals surface area contributed by atoms with E-state index in [-0.39, 0.29) is 5.24 Å². The van der Waals surface area contributed by atoms with E-state index in [1.807, 2.05) is 74.8 Å². The van der Waals surface area contributed by atoms with Crippen molar-refractivity contribution in [3.05, 3.63) is 60.7 Å². The minimum Gasteiger partial charge on any atom is -0.309 e. The van der Waals surface area contributed by atoms with Crippen LogP contribution in [0.4, 0.5) is 16.2 Å². The Morgan fingerprint density at radius 3 is 1.81 bits per heavy atom. The average molecular weight is 300 g/mol. The van der Waals surface area contributed by atoms with Crippen molar-refractivity contribution in [1.82, 2.24) is 4.90 Å². The number of rotatable bonds is 5. The molecule has 0 saturated carbocycles. The van der Waals surface area contributed by atoms with Gasteiger partial charge in [0.05, 0.1) is 0 Å². The molecule has 0 saturated heterocycles. The molecule has 2 rings (SSSR count). The molecule has 0 unspecified atom stereocenters. The lowest BCUT2D eigenvalue weighted by atomic mass is 10.2. The van der Waals surface area contributed by atoms with E-state index in [1.54, 1.807) is 4.90 Å². The number of anilines is 2. The van der Waals surface area contributed by atoms with Gasteiger partial charge in [0.15, 0.2) is 0 Å². The molecular weight excluding hydrogens is 280 g/mol. The van der Waals surface area contributed by atoms with Crippen LogP contribution in [-0.4, -0.2) is 36.5 Å². The molecule has 21 heavy (non-hydrogen) atoms. The Morgan fingerprint density at radius 2 is 1.38 bits per heavy atom. The Hall–Kier alpha value is -1.78. The zero-order valence-corrected chi connectivity index (χ0v) is 13.2. The lowest BCUT2D eigenvalue weighted by Gasteiger charge is -2.22. The molecule has 4 heteroatoms. The van der Waals surface area contributed by atoms with Gasteiger partial charge in [-0.25, -0.2) is 0 Å². The third-order valence-electron chi connectivity index (χ3n) is 2.98. The van der Waals surface area contributed by atoms with Gasteiger partial charge in [0.2, 0.25) is 0 Å². The van der Waals surface area contributed by atoms with Crippen molar-refractivity contribution in [2.45, 2.75) is 0 Å². The molecule has 0 spiro atoms. The van der Waals surface area contributed by atoms with E-state index in [0.717, 1.165) is 23.7 Å². The maximum absolute atomic E-state index is 12.6. The number of hydrogen-bond donors (Lipinski definition) is 0. The molecule has 0 aliphatic carbocycles. The van der Waals surface area contributed by atoms with Gasteiger partial charge in [-0.2, -0.15) is 0 Å². The Balaban J connectivity index is 2.19. The number of benzene rings is 2. The molecule has 0 fully saturated rings. The monoisotopic (exact) mass is 300 g/mol. The quantitative estimate of drug-likeness (QED) is 0.825. The molecule has 0 aliphatic heterocycles. The van der Waals surface area contributed by atoms with Gasteiger partial charge in [-0.15, -0.1) is 0 Å². The van der Waals surface area contributed by atoms with Gasteiger partial charge >= 0.3 is 0 Å². The number of carbonyl (C=O) groups is 1. The summed E-state index contributed by atoms with van der Waals surface area (Å²) in [7, 11) is 4.02.